The molecule has 1 atom stereocenters. The van der Waals surface area contributed by atoms with E-state index in [4.69, 9.17) is 4.74 Å². The van der Waals surface area contributed by atoms with Gasteiger partial charge in [0.25, 0.3) is 0 Å². The smallest absolute Gasteiger partial charge is 0.333 e. The molecule has 0 bridgehead atoms. The van der Waals surface area contributed by atoms with E-state index in [1.54, 1.807) is 6.92 Å². The minimum atomic E-state index is -0.590. The molecular weight excluding hydrogens is 218 g/mol. The molecule has 1 aliphatic rings. The summed E-state index contributed by atoms with van der Waals surface area (Å²) >= 11 is 0. The first kappa shape index (κ1) is 14.2. The topological polar surface area (TPSA) is 49.8 Å². The zero-order chi connectivity index (χ0) is 13.4. The molecule has 0 aliphatic carbocycles. The number of hydrogen-bond donors (Lipinski definition) is 1. The maximum absolute atomic E-state index is 11.5. The highest BCUT2D eigenvalue weighted by atomic mass is 16.6. The Morgan fingerprint density at radius 1 is 1.41 bits per heavy atom. The van der Waals surface area contributed by atoms with Crippen LogP contribution in [0.25, 0.3) is 0 Å². The zero-order valence-corrected chi connectivity index (χ0v) is 11.4. The summed E-state index contributed by atoms with van der Waals surface area (Å²) in [5.41, 5.74) is -0.502. The number of piperidine rings is 1. The first-order valence-corrected chi connectivity index (χ1v) is 5.95. The van der Waals surface area contributed by atoms with Crippen LogP contribution >= 0.6 is 0 Å². The van der Waals surface area contributed by atoms with Crippen LogP contribution in [0.3, 0.4) is 0 Å². The number of esters is 1. The van der Waals surface area contributed by atoms with Crippen molar-refractivity contribution < 1.29 is 14.7 Å². The van der Waals surface area contributed by atoms with Gasteiger partial charge in [-0.05, 0) is 47.5 Å². The van der Waals surface area contributed by atoms with Crippen molar-refractivity contribution in [2.24, 2.45) is 0 Å². The molecule has 1 heterocycles. The lowest BCUT2D eigenvalue weighted by Crippen LogP contribution is -2.63. The Kier molecular flexibility index (Phi) is 3.69. The molecule has 0 radical (unpaired) electrons. The molecule has 4 nitrogen and oxygen atoms in total. The average Bonchev–Trinajstić information content (AvgIpc) is 2.20. The predicted molar refractivity (Wildman–Crippen MR) is 65.7 cm³/mol. The number of carbonyl (C=O) groups excluding carboxylic acids is 1. The second-order valence-electron chi connectivity index (χ2n) is 5.99. The van der Waals surface area contributed by atoms with Gasteiger partial charge < -0.3 is 9.94 Å². The van der Waals surface area contributed by atoms with Gasteiger partial charge in [0.2, 0.25) is 0 Å². The standard InChI is InChI=1S/C13H23NO3/c1-9(2)11(15)17-10-7-8-12(3,4)14(16)13(10,5)6/h10,16H,1,7-8H2,2-6H3. The average molecular weight is 241 g/mol. The fourth-order valence-corrected chi connectivity index (χ4v) is 2.29. The molecule has 98 valence electrons. The third-order valence-corrected chi connectivity index (χ3v) is 3.52. The molecule has 1 aliphatic heterocycles. The highest BCUT2D eigenvalue weighted by Gasteiger charge is 2.48. The van der Waals surface area contributed by atoms with Crippen LogP contribution in [0.2, 0.25) is 0 Å². The molecule has 0 aromatic rings. The van der Waals surface area contributed by atoms with Gasteiger partial charge in [0.1, 0.15) is 6.10 Å². The minimum absolute atomic E-state index is 0.296. The lowest BCUT2D eigenvalue weighted by molar-refractivity contribution is -0.272. The Morgan fingerprint density at radius 3 is 2.41 bits per heavy atom. The van der Waals surface area contributed by atoms with Crippen molar-refractivity contribution >= 4 is 5.97 Å². The van der Waals surface area contributed by atoms with Gasteiger partial charge >= 0.3 is 5.97 Å². The van der Waals surface area contributed by atoms with Gasteiger partial charge in [-0.3, -0.25) is 0 Å². The molecule has 0 aromatic carbocycles. The fourth-order valence-electron chi connectivity index (χ4n) is 2.29. The quantitative estimate of drug-likeness (QED) is 0.596. The van der Waals surface area contributed by atoms with Gasteiger partial charge in [0, 0.05) is 11.1 Å². The number of rotatable bonds is 2. The number of hydrogen-bond acceptors (Lipinski definition) is 4. The Bertz CT molecular complexity index is 334. The largest absolute Gasteiger partial charge is 0.457 e. The van der Waals surface area contributed by atoms with E-state index in [0.717, 1.165) is 12.8 Å². The monoisotopic (exact) mass is 241 g/mol. The van der Waals surface area contributed by atoms with Crippen LogP contribution < -0.4 is 0 Å². The summed E-state index contributed by atoms with van der Waals surface area (Å²) < 4.78 is 5.39. The van der Waals surface area contributed by atoms with E-state index >= 15 is 0 Å². The van der Waals surface area contributed by atoms with Crippen molar-refractivity contribution in [1.82, 2.24) is 5.06 Å². The molecule has 17 heavy (non-hydrogen) atoms. The normalized spacial score (nSPS) is 27.5. The number of nitrogens with zero attached hydrogens (tertiary/aromatic N) is 1. The van der Waals surface area contributed by atoms with Crippen molar-refractivity contribution in [2.75, 3.05) is 0 Å². The summed E-state index contributed by atoms with van der Waals surface area (Å²) in [6.45, 7) is 12.9. The lowest BCUT2D eigenvalue weighted by atomic mass is 9.80. The molecule has 4 heteroatoms. The van der Waals surface area contributed by atoms with Crippen molar-refractivity contribution in [1.29, 1.82) is 0 Å². The van der Waals surface area contributed by atoms with Crippen molar-refractivity contribution in [3.8, 4) is 0 Å². The molecular formula is C13H23NO3. The molecule has 1 unspecified atom stereocenters. The highest BCUT2D eigenvalue weighted by molar-refractivity contribution is 5.87. The Morgan fingerprint density at radius 2 is 1.94 bits per heavy atom. The molecule has 0 spiro atoms. The zero-order valence-electron chi connectivity index (χ0n) is 11.4. The number of ether oxygens (including phenoxy) is 1. The van der Waals surface area contributed by atoms with Gasteiger partial charge in [-0.2, -0.15) is 5.06 Å². The van der Waals surface area contributed by atoms with Gasteiger partial charge in [0.15, 0.2) is 0 Å². The summed E-state index contributed by atoms with van der Waals surface area (Å²) in [5.74, 6) is -0.392. The molecule has 1 N–H and O–H groups in total. The van der Waals surface area contributed by atoms with Crippen LogP contribution in [-0.4, -0.2) is 33.4 Å². The summed E-state index contributed by atoms with van der Waals surface area (Å²) in [5, 5.41) is 11.5. The van der Waals surface area contributed by atoms with Gasteiger partial charge in [-0.1, -0.05) is 6.58 Å². The van der Waals surface area contributed by atoms with E-state index in [1.807, 2.05) is 27.7 Å². The van der Waals surface area contributed by atoms with Crippen LogP contribution in [-0.2, 0) is 9.53 Å². The summed E-state index contributed by atoms with van der Waals surface area (Å²) in [4.78, 5) is 11.5. The van der Waals surface area contributed by atoms with E-state index in [1.165, 1.54) is 5.06 Å². The fraction of sp³-hybridized carbons (Fsp3) is 0.769. The van der Waals surface area contributed by atoms with E-state index in [9.17, 15) is 10.0 Å². The molecule has 0 aromatic heterocycles. The summed E-state index contributed by atoms with van der Waals surface area (Å²) in [7, 11) is 0. The van der Waals surface area contributed by atoms with E-state index < -0.39 is 11.5 Å². The molecule has 1 saturated heterocycles. The van der Waals surface area contributed by atoms with Crippen molar-refractivity contribution in [3.63, 3.8) is 0 Å². The van der Waals surface area contributed by atoms with Gasteiger partial charge in [-0.25, -0.2) is 4.79 Å². The first-order chi connectivity index (χ1) is 7.59. The molecule has 0 saturated carbocycles. The van der Waals surface area contributed by atoms with Gasteiger partial charge in [0.05, 0.1) is 5.54 Å². The lowest BCUT2D eigenvalue weighted by Gasteiger charge is -2.51. The summed E-state index contributed by atoms with van der Waals surface area (Å²) in [6, 6.07) is 0. The van der Waals surface area contributed by atoms with E-state index in [0.29, 0.717) is 5.57 Å². The van der Waals surface area contributed by atoms with Crippen LogP contribution in [0, 0.1) is 0 Å². The van der Waals surface area contributed by atoms with Crippen LogP contribution in [0.1, 0.15) is 47.5 Å². The second kappa shape index (κ2) is 4.42. The number of hydroxylamine groups is 2. The number of carbonyl (C=O) groups is 1. The van der Waals surface area contributed by atoms with Gasteiger partial charge in [-0.15, -0.1) is 0 Å². The first-order valence-electron chi connectivity index (χ1n) is 5.95. The third-order valence-electron chi connectivity index (χ3n) is 3.52. The molecule has 1 fully saturated rings. The SMILES string of the molecule is C=C(C)C(=O)OC1CCC(C)(C)N(O)C1(C)C. The second-order valence-corrected chi connectivity index (χ2v) is 5.99. The van der Waals surface area contributed by atoms with E-state index in [-0.39, 0.29) is 11.6 Å². The van der Waals surface area contributed by atoms with Crippen LogP contribution in [0.5, 0.6) is 0 Å². The minimum Gasteiger partial charge on any atom is -0.457 e. The predicted octanol–water partition coefficient (Wildman–Crippen LogP) is 2.52. The molecule has 0 amide bonds. The maximum atomic E-state index is 11.5. The Balaban J connectivity index is 2.83. The van der Waals surface area contributed by atoms with Crippen molar-refractivity contribution in [2.45, 2.75) is 64.6 Å². The maximum Gasteiger partial charge on any atom is 0.333 e. The highest BCUT2D eigenvalue weighted by Crippen LogP contribution is 2.38. The Hall–Kier alpha value is -0.870. The van der Waals surface area contributed by atoms with Crippen LogP contribution in [0.4, 0.5) is 0 Å². The molecule has 1 rings (SSSR count). The Labute approximate surface area is 103 Å². The van der Waals surface area contributed by atoms with Crippen LogP contribution in [0.15, 0.2) is 12.2 Å². The van der Waals surface area contributed by atoms with Crippen molar-refractivity contribution in [3.05, 3.63) is 12.2 Å². The summed E-state index contributed by atoms with van der Waals surface area (Å²) in [6.07, 6.45) is 1.21. The van der Waals surface area contributed by atoms with E-state index in [2.05, 4.69) is 6.58 Å². The third kappa shape index (κ3) is 2.69.